The first-order valence-corrected chi connectivity index (χ1v) is 7.86. The van der Waals surface area contributed by atoms with Gasteiger partial charge in [-0.25, -0.2) is 0 Å². The van der Waals surface area contributed by atoms with Crippen LogP contribution in [0, 0.1) is 0 Å². The lowest BCUT2D eigenvalue weighted by Crippen LogP contribution is -2.28. The molecule has 0 radical (unpaired) electrons. The highest BCUT2D eigenvalue weighted by atomic mass is 16.5. The summed E-state index contributed by atoms with van der Waals surface area (Å²) in [5, 5.41) is 12.5. The Morgan fingerprint density at radius 1 is 1.23 bits per heavy atom. The van der Waals surface area contributed by atoms with E-state index < -0.39 is 0 Å². The first-order chi connectivity index (χ1) is 10.8. The Labute approximate surface area is 131 Å². The van der Waals surface area contributed by atoms with Crippen LogP contribution in [0.15, 0.2) is 42.7 Å². The SMILES string of the molecule is OCCc1cccc(-c2cncc(OC[C@H]3CCCN3)c2)c1. The molecule has 0 aliphatic carbocycles. The van der Waals surface area contributed by atoms with Gasteiger partial charge in [-0.15, -0.1) is 0 Å². The molecule has 1 aromatic heterocycles. The summed E-state index contributed by atoms with van der Waals surface area (Å²) in [6.07, 6.45) is 6.68. The molecule has 1 aliphatic rings. The van der Waals surface area contributed by atoms with Gasteiger partial charge in [-0.2, -0.15) is 0 Å². The second kappa shape index (κ2) is 7.38. The van der Waals surface area contributed by atoms with Crippen LogP contribution < -0.4 is 10.1 Å². The molecule has 1 aromatic carbocycles. The van der Waals surface area contributed by atoms with E-state index >= 15 is 0 Å². The quantitative estimate of drug-likeness (QED) is 0.860. The number of aliphatic hydroxyl groups is 1. The summed E-state index contributed by atoms with van der Waals surface area (Å²) in [6.45, 7) is 1.94. The Morgan fingerprint density at radius 2 is 2.18 bits per heavy atom. The molecule has 3 rings (SSSR count). The molecule has 2 aromatic rings. The van der Waals surface area contributed by atoms with Crippen molar-refractivity contribution in [3.63, 3.8) is 0 Å². The summed E-state index contributed by atoms with van der Waals surface area (Å²) < 4.78 is 5.86. The van der Waals surface area contributed by atoms with Gasteiger partial charge in [-0.3, -0.25) is 4.98 Å². The minimum Gasteiger partial charge on any atom is -0.490 e. The monoisotopic (exact) mass is 298 g/mol. The molecule has 1 saturated heterocycles. The minimum absolute atomic E-state index is 0.166. The molecule has 0 unspecified atom stereocenters. The van der Waals surface area contributed by atoms with Crippen molar-refractivity contribution in [3.05, 3.63) is 48.3 Å². The lowest BCUT2D eigenvalue weighted by atomic mass is 10.0. The van der Waals surface area contributed by atoms with Crippen molar-refractivity contribution in [1.29, 1.82) is 0 Å². The van der Waals surface area contributed by atoms with E-state index in [-0.39, 0.29) is 6.61 Å². The van der Waals surface area contributed by atoms with E-state index in [1.807, 2.05) is 24.4 Å². The third kappa shape index (κ3) is 3.84. The summed E-state index contributed by atoms with van der Waals surface area (Å²) in [5.74, 6) is 0.804. The predicted octanol–water partition coefficient (Wildman–Crippen LogP) is 2.41. The number of aliphatic hydroxyl groups excluding tert-OH is 1. The smallest absolute Gasteiger partial charge is 0.138 e. The number of hydrogen-bond acceptors (Lipinski definition) is 4. The topological polar surface area (TPSA) is 54.4 Å². The van der Waals surface area contributed by atoms with Crippen LogP contribution in [0.1, 0.15) is 18.4 Å². The van der Waals surface area contributed by atoms with Gasteiger partial charge in [-0.1, -0.05) is 24.3 Å². The molecule has 1 aliphatic heterocycles. The molecule has 2 heterocycles. The van der Waals surface area contributed by atoms with Crippen molar-refractivity contribution in [3.8, 4) is 16.9 Å². The van der Waals surface area contributed by atoms with Gasteiger partial charge < -0.3 is 15.2 Å². The Hall–Kier alpha value is -1.91. The fraction of sp³-hybridized carbons (Fsp3) is 0.389. The Kier molecular flexibility index (Phi) is 5.03. The zero-order valence-electron chi connectivity index (χ0n) is 12.7. The van der Waals surface area contributed by atoms with E-state index in [9.17, 15) is 0 Å². The molecule has 1 fully saturated rings. The van der Waals surface area contributed by atoms with E-state index in [4.69, 9.17) is 9.84 Å². The van der Waals surface area contributed by atoms with Gasteiger partial charge in [0, 0.05) is 24.4 Å². The van der Waals surface area contributed by atoms with Crippen molar-refractivity contribution in [2.75, 3.05) is 19.8 Å². The zero-order valence-corrected chi connectivity index (χ0v) is 12.7. The summed E-state index contributed by atoms with van der Waals surface area (Å²) >= 11 is 0. The molecular weight excluding hydrogens is 276 g/mol. The van der Waals surface area contributed by atoms with Gasteiger partial charge >= 0.3 is 0 Å². The number of pyridine rings is 1. The van der Waals surface area contributed by atoms with Crippen LogP contribution in [-0.4, -0.2) is 35.9 Å². The maximum atomic E-state index is 9.06. The van der Waals surface area contributed by atoms with Crippen LogP contribution >= 0.6 is 0 Å². The zero-order chi connectivity index (χ0) is 15.2. The number of nitrogens with one attached hydrogen (secondary N) is 1. The van der Waals surface area contributed by atoms with Crippen LogP contribution in [0.4, 0.5) is 0 Å². The van der Waals surface area contributed by atoms with Crippen molar-refractivity contribution in [2.45, 2.75) is 25.3 Å². The number of aromatic nitrogens is 1. The molecule has 0 spiro atoms. The van der Waals surface area contributed by atoms with Crippen LogP contribution in [-0.2, 0) is 6.42 Å². The van der Waals surface area contributed by atoms with Crippen molar-refractivity contribution in [2.24, 2.45) is 0 Å². The Bertz CT molecular complexity index is 610. The van der Waals surface area contributed by atoms with Gasteiger partial charge in [0.2, 0.25) is 0 Å². The van der Waals surface area contributed by atoms with Crippen LogP contribution in [0.5, 0.6) is 5.75 Å². The van der Waals surface area contributed by atoms with Gasteiger partial charge in [0.15, 0.2) is 0 Å². The fourth-order valence-electron chi connectivity index (χ4n) is 2.79. The highest BCUT2D eigenvalue weighted by Crippen LogP contribution is 2.24. The van der Waals surface area contributed by atoms with E-state index in [0.717, 1.165) is 29.0 Å². The minimum atomic E-state index is 0.166. The molecule has 22 heavy (non-hydrogen) atoms. The number of rotatable bonds is 6. The molecule has 1 atom stereocenters. The van der Waals surface area contributed by atoms with Gasteiger partial charge in [0.05, 0.1) is 6.20 Å². The average molecular weight is 298 g/mol. The first-order valence-electron chi connectivity index (χ1n) is 7.86. The maximum Gasteiger partial charge on any atom is 0.138 e. The molecule has 4 nitrogen and oxygen atoms in total. The van der Waals surface area contributed by atoms with Crippen LogP contribution in [0.3, 0.4) is 0 Å². The van der Waals surface area contributed by atoms with Crippen LogP contribution in [0.25, 0.3) is 11.1 Å². The number of ether oxygens (including phenoxy) is 1. The second-order valence-corrected chi connectivity index (χ2v) is 5.69. The molecule has 4 heteroatoms. The number of hydrogen-bond donors (Lipinski definition) is 2. The van der Waals surface area contributed by atoms with Crippen molar-refractivity contribution >= 4 is 0 Å². The van der Waals surface area contributed by atoms with Crippen molar-refractivity contribution in [1.82, 2.24) is 10.3 Å². The summed E-state index contributed by atoms with van der Waals surface area (Å²) in [7, 11) is 0. The largest absolute Gasteiger partial charge is 0.490 e. The highest BCUT2D eigenvalue weighted by molar-refractivity contribution is 5.64. The molecular formula is C18H22N2O2. The third-order valence-corrected chi connectivity index (χ3v) is 3.99. The van der Waals surface area contributed by atoms with Gasteiger partial charge in [0.1, 0.15) is 12.4 Å². The average Bonchev–Trinajstić information content (AvgIpc) is 3.07. The molecule has 0 saturated carbocycles. The normalized spacial score (nSPS) is 17.6. The Morgan fingerprint density at radius 3 is 3.00 bits per heavy atom. The molecule has 2 N–H and O–H groups in total. The number of benzene rings is 1. The summed E-state index contributed by atoms with van der Waals surface area (Å²) in [6, 6.07) is 10.7. The summed E-state index contributed by atoms with van der Waals surface area (Å²) in [4.78, 5) is 4.29. The second-order valence-electron chi connectivity index (χ2n) is 5.69. The predicted molar refractivity (Wildman–Crippen MR) is 87.0 cm³/mol. The van der Waals surface area contributed by atoms with Gasteiger partial charge in [-0.05, 0) is 43.0 Å². The Balaban J connectivity index is 1.71. The van der Waals surface area contributed by atoms with E-state index in [1.54, 1.807) is 6.20 Å². The van der Waals surface area contributed by atoms with E-state index in [2.05, 4.69) is 22.4 Å². The fourth-order valence-corrected chi connectivity index (χ4v) is 2.79. The first kappa shape index (κ1) is 15.0. The van der Waals surface area contributed by atoms with E-state index in [1.165, 1.54) is 12.8 Å². The summed E-state index contributed by atoms with van der Waals surface area (Å²) in [5.41, 5.74) is 3.26. The third-order valence-electron chi connectivity index (χ3n) is 3.99. The van der Waals surface area contributed by atoms with Crippen LogP contribution in [0.2, 0.25) is 0 Å². The highest BCUT2D eigenvalue weighted by Gasteiger charge is 2.14. The molecule has 116 valence electrons. The number of nitrogens with zero attached hydrogens (tertiary/aromatic N) is 1. The lowest BCUT2D eigenvalue weighted by Gasteiger charge is -2.12. The molecule has 0 bridgehead atoms. The van der Waals surface area contributed by atoms with Crippen molar-refractivity contribution < 1.29 is 9.84 Å². The standard InChI is InChI=1S/C18H22N2O2/c21-8-6-14-3-1-4-15(9-14)16-10-18(12-19-11-16)22-13-17-5-2-7-20-17/h1,3-4,9-12,17,20-21H,2,5-8,13H2/t17-/m1/s1. The van der Waals surface area contributed by atoms with E-state index in [0.29, 0.717) is 19.1 Å². The van der Waals surface area contributed by atoms with Gasteiger partial charge in [0.25, 0.3) is 0 Å². The maximum absolute atomic E-state index is 9.06. The molecule has 0 amide bonds. The lowest BCUT2D eigenvalue weighted by molar-refractivity contribution is 0.276.